The van der Waals surface area contributed by atoms with Gasteiger partial charge in [-0.2, -0.15) is 0 Å². The number of urea groups is 1. The quantitative estimate of drug-likeness (QED) is 0.766. The van der Waals surface area contributed by atoms with E-state index in [1.807, 2.05) is 31.2 Å². The van der Waals surface area contributed by atoms with Crippen LogP contribution >= 0.6 is 27.3 Å². The molecule has 1 aromatic carbocycles. The number of carbonyl (C=O) groups is 2. The highest BCUT2D eigenvalue weighted by Crippen LogP contribution is 2.24. The van der Waals surface area contributed by atoms with Crippen LogP contribution in [-0.2, 0) is 4.79 Å². The molecule has 26 heavy (non-hydrogen) atoms. The lowest BCUT2D eigenvalue weighted by atomic mass is 9.96. The number of nitrogens with zero attached hydrogens (tertiary/aromatic N) is 3. The number of benzene rings is 1. The highest BCUT2D eigenvalue weighted by molar-refractivity contribution is 9.10. The maximum atomic E-state index is 12.5. The molecule has 1 fully saturated rings. The molecule has 1 unspecified atom stereocenters. The predicted molar refractivity (Wildman–Crippen MR) is 104 cm³/mol. The maximum absolute atomic E-state index is 12.5. The molecule has 3 rings (SSSR count). The zero-order chi connectivity index (χ0) is 18.5. The molecule has 0 aliphatic carbocycles. The average Bonchev–Trinajstić information content (AvgIpc) is 3.15. The molecular weight excluding hydrogens is 418 g/mol. The number of nitrogens with one attached hydrogen (secondary N) is 2. The van der Waals surface area contributed by atoms with E-state index in [1.54, 1.807) is 10.4 Å². The second kappa shape index (κ2) is 8.59. The molecule has 138 valence electrons. The fraction of sp³-hybridized carbons (Fsp3) is 0.412. The van der Waals surface area contributed by atoms with Crippen LogP contribution in [0.4, 0.5) is 9.93 Å². The normalized spacial score (nSPS) is 16.2. The summed E-state index contributed by atoms with van der Waals surface area (Å²) in [5.41, 5.74) is 2.61. The number of halogens is 1. The Balaban J connectivity index is 1.49. The fourth-order valence-corrected chi connectivity index (χ4v) is 4.04. The Bertz CT molecular complexity index is 762. The van der Waals surface area contributed by atoms with E-state index in [4.69, 9.17) is 0 Å². The summed E-state index contributed by atoms with van der Waals surface area (Å²) in [6, 6.07) is 7.64. The first-order chi connectivity index (χ1) is 12.5. The molecule has 2 aromatic rings. The third-order valence-electron chi connectivity index (χ3n) is 4.45. The number of hydrogen-bond acceptors (Lipinski definition) is 5. The number of aromatic nitrogens is 2. The lowest BCUT2D eigenvalue weighted by Crippen LogP contribution is -2.46. The van der Waals surface area contributed by atoms with Gasteiger partial charge in [-0.25, -0.2) is 4.79 Å². The number of likely N-dealkylation sites (tertiary alicyclic amines) is 1. The lowest BCUT2D eigenvalue weighted by Gasteiger charge is -2.32. The van der Waals surface area contributed by atoms with Crippen molar-refractivity contribution in [3.8, 4) is 0 Å². The van der Waals surface area contributed by atoms with E-state index in [0.717, 1.165) is 10.0 Å². The van der Waals surface area contributed by atoms with E-state index in [2.05, 4.69) is 36.8 Å². The van der Waals surface area contributed by atoms with Gasteiger partial charge in [0.1, 0.15) is 5.51 Å². The zero-order valence-corrected chi connectivity index (χ0v) is 16.7. The van der Waals surface area contributed by atoms with E-state index in [-0.39, 0.29) is 23.9 Å². The minimum atomic E-state index is -0.108. The first-order valence-corrected chi connectivity index (χ1v) is 10.1. The van der Waals surface area contributed by atoms with E-state index < -0.39 is 0 Å². The number of anilines is 1. The fourth-order valence-electron chi connectivity index (χ4n) is 2.96. The summed E-state index contributed by atoms with van der Waals surface area (Å²) < 4.78 is 0.972. The number of rotatable bonds is 4. The molecule has 1 aromatic heterocycles. The first kappa shape index (κ1) is 18.8. The molecule has 2 N–H and O–H groups in total. The maximum Gasteiger partial charge on any atom is 0.317 e. The van der Waals surface area contributed by atoms with Gasteiger partial charge in [-0.05, 0) is 31.4 Å². The van der Waals surface area contributed by atoms with Crippen LogP contribution in [0.5, 0.6) is 0 Å². The molecule has 9 heteroatoms. The lowest BCUT2D eigenvalue weighted by molar-refractivity contribution is -0.121. The Labute approximate surface area is 164 Å². The van der Waals surface area contributed by atoms with Gasteiger partial charge in [0.05, 0.1) is 6.04 Å². The molecule has 0 spiro atoms. The number of carbonyl (C=O) groups excluding carboxylic acids is 2. The standard InChI is InChI=1S/C17H20BrN5O2S/c1-11(13-4-2-3-5-14(13)18)20-17(25)23-8-6-12(7-9-23)15(24)21-16-22-19-10-26-16/h2-5,10-12H,6-9H2,1H3,(H,20,25)(H,21,22,24). The monoisotopic (exact) mass is 437 g/mol. The molecular formula is C17H20BrN5O2S. The summed E-state index contributed by atoms with van der Waals surface area (Å²) in [7, 11) is 0. The third-order valence-corrected chi connectivity index (χ3v) is 5.78. The predicted octanol–water partition coefficient (Wildman–Crippen LogP) is 3.42. The van der Waals surface area contributed by atoms with Crippen molar-refractivity contribution >= 4 is 44.3 Å². The molecule has 3 amide bonds. The van der Waals surface area contributed by atoms with Crippen molar-refractivity contribution in [3.63, 3.8) is 0 Å². The van der Waals surface area contributed by atoms with Gasteiger partial charge in [-0.3, -0.25) is 4.79 Å². The Morgan fingerprint density at radius 2 is 2.04 bits per heavy atom. The summed E-state index contributed by atoms with van der Waals surface area (Å²) in [5.74, 6) is -0.160. The second-order valence-electron chi connectivity index (χ2n) is 6.19. The van der Waals surface area contributed by atoms with E-state index in [9.17, 15) is 9.59 Å². The van der Waals surface area contributed by atoms with Crippen molar-refractivity contribution < 1.29 is 9.59 Å². The number of piperidine rings is 1. The van der Waals surface area contributed by atoms with Crippen molar-refractivity contribution in [3.05, 3.63) is 39.8 Å². The van der Waals surface area contributed by atoms with E-state index in [1.165, 1.54) is 11.3 Å². The average molecular weight is 438 g/mol. The van der Waals surface area contributed by atoms with Crippen molar-refractivity contribution in [1.29, 1.82) is 0 Å². The van der Waals surface area contributed by atoms with Crippen molar-refractivity contribution in [2.24, 2.45) is 5.92 Å². The minimum absolute atomic E-state index is 0.0524. The Morgan fingerprint density at radius 1 is 1.31 bits per heavy atom. The SMILES string of the molecule is CC(NC(=O)N1CCC(C(=O)Nc2nncs2)CC1)c1ccccc1Br. The molecule has 0 bridgehead atoms. The summed E-state index contributed by atoms with van der Waals surface area (Å²) in [5, 5.41) is 13.8. The van der Waals surface area contributed by atoms with Gasteiger partial charge >= 0.3 is 6.03 Å². The van der Waals surface area contributed by atoms with Crippen LogP contribution in [0.1, 0.15) is 31.4 Å². The summed E-state index contributed by atoms with van der Waals surface area (Å²) >= 11 is 4.81. The molecule has 1 aliphatic heterocycles. The third kappa shape index (κ3) is 4.59. The second-order valence-corrected chi connectivity index (χ2v) is 7.87. The highest BCUT2D eigenvalue weighted by atomic mass is 79.9. The molecule has 0 radical (unpaired) electrons. The van der Waals surface area contributed by atoms with E-state index in [0.29, 0.717) is 31.1 Å². The van der Waals surface area contributed by atoms with Gasteiger partial charge < -0.3 is 15.5 Å². The zero-order valence-electron chi connectivity index (χ0n) is 14.3. The first-order valence-electron chi connectivity index (χ1n) is 8.41. The van der Waals surface area contributed by atoms with Crippen LogP contribution in [-0.4, -0.2) is 40.1 Å². The van der Waals surface area contributed by atoms with Crippen LogP contribution in [0.3, 0.4) is 0 Å². The summed E-state index contributed by atoms with van der Waals surface area (Å²) in [6.45, 7) is 3.08. The van der Waals surface area contributed by atoms with Gasteiger partial charge in [0.25, 0.3) is 0 Å². The summed E-state index contributed by atoms with van der Waals surface area (Å²) in [4.78, 5) is 26.5. The smallest absolute Gasteiger partial charge is 0.317 e. The van der Waals surface area contributed by atoms with Crippen molar-refractivity contribution in [1.82, 2.24) is 20.4 Å². The van der Waals surface area contributed by atoms with Crippen LogP contribution in [0.15, 0.2) is 34.2 Å². The highest BCUT2D eigenvalue weighted by Gasteiger charge is 2.28. The van der Waals surface area contributed by atoms with Crippen LogP contribution in [0, 0.1) is 5.92 Å². The van der Waals surface area contributed by atoms with Gasteiger partial charge in [0, 0.05) is 23.5 Å². The van der Waals surface area contributed by atoms with Crippen LogP contribution < -0.4 is 10.6 Å². The topological polar surface area (TPSA) is 87.2 Å². The van der Waals surface area contributed by atoms with Gasteiger partial charge in [0.15, 0.2) is 0 Å². The summed E-state index contributed by atoms with van der Waals surface area (Å²) in [6.07, 6.45) is 1.28. The van der Waals surface area contributed by atoms with Gasteiger partial charge in [0.2, 0.25) is 11.0 Å². The Kier molecular flexibility index (Phi) is 6.20. The minimum Gasteiger partial charge on any atom is -0.331 e. The van der Waals surface area contributed by atoms with Gasteiger partial charge in [-0.1, -0.05) is 45.5 Å². The molecule has 1 aliphatic rings. The van der Waals surface area contributed by atoms with Gasteiger partial charge in [-0.15, -0.1) is 10.2 Å². The van der Waals surface area contributed by atoms with Crippen molar-refractivity contribution in [2.75, 3.05) is 18.4 Å². The van der Waals surface area contributed by atoms with Crippen LogP contribution in [0.2, 0.25) is 0 Å². The molecule has 7 nitrogen and oxygen atoms in total. The largest absolute Gasteiger partial charge is 0.331 e. The number of amides is 3. The van der Waals surface area contributed by atoms with Crippen LogP contribution in [0.25, 0.3) is 0 Å². The molecule has 1 atom stereocenters. The number of hydrogen-bond donors (Lipinski definition) is 2. The van der Waals surface area contributed by atoms with E-state index >= 15 is 0 Å². The van der Waals surface area contributed by atoms with Crippen molar-refractivity contribution in [2.45, 2.75) is 25.8 Å². The molecule has 0 saturated carbocycles. The molecule has 1 saturated heterocycles. The molecule has 2 heterocycles. The Morgan fingerprint density at radius 3 is 2.69 bits per heavy atom. The Hall–Kier alpha value is -2.00.